The maximum absolute atomic E-state index is 12.9. The molecule has 2 N–H and O–H groups in total. The first-order chi connectivity index (χ1) is 15.1. The fourth-order valence-electron chi connectivity index (χ4n) is 3.79. The van der Waals surface area contributed by atoms with Crippen molar-refractivity contribution < 1.29 is 19.1 Å². The summed E-state index contributed by atoms with van der Waals surface area (Å²) in [6, 6.07) is 16.1. The normalized spacial score (nSPS) is 12.6. The number of pyridine rings is 1. The third-order valence-corrected chi connectivity index (χ3v) is 5.26. The number of carbonyl (C=O) groups excluding carboxylic acids is 3. The molecule has 0 saturated carbocycles. The number of imide groups is 1. The topological polar surface area (TPSA) is 97.4 Å². The number of carbonyl (C=O) groups is 3. The predicted molar refractivity (Wildman–Crippen MR) is 115 cm³/mol. The Bertz CT molecular complexity index is 1130. The molecular weight excluding hydrogens is 394 g/mol. The predicted octanol–water partition coefficient (Wildman–Crippen LogP) is 3.30. The van der Waals surface area contributed by atoms with Gasteiger partial charge in [0, 0.05) is 17.6 Å². The molecule has 3 amide bonds. The minimum Gasteiger partial charge on any atom is -0.452 e. The first-order valence-electron chi connectivity index (χ1n) is 10.3. The number of benzene rings is 2. The van der Waals surface area contributed by atoms with Crippen molar-refractivity contribution in [1.29, 1.82) is 0 Å². The van der Waals surface area contributed by atoms with Crippen LogP contribution in [0.15, 0.2) is 54.6 Å². The van der Waals surface area contributed by atoms with Crippen molar-refractivity contribution in [2.75, 3.05) is 6.61 Å². The first-order valence-corrected chi connectivity index (χ1v) is 10.3. The lowest BCUT2D eigenvalue weighted by Crippen LogP contribution is -2.41. The van der Waals surface area contributed by atoms with Gasteiger partial charge >= 0.3 is 12.0 Å². The minimum absolute atomic E-state index is 0.287. The number of rotatable bonds is 5. The third-order valence-electron chi connectivity index (χ3n) is 5.26. The molecule has 0 radical (unpaired) electrons. The second kappa shape index (κ2) is 9.38. The molecule has 1 aliphatic carbocycles. The van der Waals surface area contributed by atoms with Crippen molar-refractivity contribution in [2.24, 2.45) is 0 Å². The van der Waals surface area contributed by atoms with E-state index in [0.717, 1.165) is 48.0 Å². The van der Waals surface area contributed by atoms with E-state index in [1.165, 1.54) is 0 Å². The smallest absolute Gasteiger partial charge is 0.339 e. The van der Waals surface area contributed by atoms with Crippen LogP contribution in [0.25, 0.3) is 10.9 Å². The van der Waals surface area contributed by atoms with Gasteiger partial charge < -0.3 is 10.1 Å². The van der Waals surface area contributed by atoms with Crippen LogP contribution in [0, 0.1) is 0 Å². The van der Waals surface area contributed by atoms with E-state index in [9.17, 15) is 14.4 Å². The fourth-order valence-corrected chi connectivity index (χ4v) is 3.79. The van der Waals surface area contributed by atoms with Crippen LogP contribution in [-0.2, 0) is 28.9 Å². The molecule has 0 aliphatic heterocycles. The van der Waals surface area contributed by atoms with Crippen molar-refractivity contribution in [3.63, 3.8) is 0 Å². The highest BCUT2D eigenvalue weighted by Gasteiger charge is 2.24. The average Bonchev–Trinajstić information content (AvgIpc) is 2.80. The summed E-state index contributed by atoms with van der Waals surface area (Å²) in [7, 11) is 0. The second-order valence-electron chi connectivity index (χ2n) is 7.43. The van der Waals surface area contributed by atoms with Crippen molar-refractivity contribution >= 4 is 28.8 Å². The van der Waals surface area contributed by atoms with Crippen LogP contribution >= 0.6 is 0 Å². The number of para-hydroxylation sites is 1. The zero-order valence-corrected chi connectivity index (χ0v) is 17.0. The number of esters is 1. The molecule has 0 spiro atoms. The number of urea groups is 1. The summed E-state index contributed by atoms with van der Waals surface area (Å²) in [4.78, 5) is 41.6. The van der Waals surface area contributed by atoms with E-state index in [0.29, 0.717) is 10.9 Å². The van der Waals surface area contributed by atoms with Gasteiger partial charge in [0.15, 0.2) is 6.61 Å². The second-order valence-corrected chi connectivity index (χ2v) is 7.43. The van der Waals surface area contributed by atoms with Crippen LogP contribution in [-0.4, -0.2) is 29.5 Å². The molecule has 0 bridgehead atoms. The Morgan fingerprint density at radius 1 is 0.935 bits per heavy atom. The molecule has 0 saturated heterocycles. The van der Waals surface area contributed by atoms with Crippen LogP contribution in [0.3, 0.4) is 0 Å². The highest BCUT2D eigenvalue weighted by atomic mass is 16.5. The molecule has 0 unspecified atom stereocenters. The lowest BCUT2D eigenvalue weighted by molar-refractivity contribution is -0.123. The summed E-state index contributed by atoms with van der Waals surface area (Å²) in [5, 5.41) is 5.49. The Hall–Kier alpha value is -3.74. The van der Waals surface area contributed by atoms with Crippen molar-refractivity contribution in [3.8, 4) is 0 Å². The van der Waals surface area contributed by atoms with Gasteiger partial charge in [0.05, 0.1) is 11.1 Å². The van der Waals surface area contributed by atoms with Gasteiger partial charge in [-0.05, 0) is 42.9 Å². The van der Waals surface area contributed by atoms with Gasteiger partial charge in [-0.2, -0.15) is 0 Å². The molecule has 7 heteroatoms. The number of ether oxygens (including phenoxy) is 1. The number of hydrogen-bond acceptors (Lipinski definition) is 5. The fraction of sp³-hybridized carbons (Fsp3) is 0.250. The van der Waals surface area contributed by atoms with Crippen molar-refractivity contribution in [2.45, 2.75) is 32.2 Å². The molecule has 0 atom stereocenters. The summed E-state index contributed by atoms with van der Waals surface area (Å²) in [5.74, 6) is -1.26. The Balaban J connectivity index is 1.39. The standard InChI is InChI=1S/C24H23N3O4/c28-21(27-24(30)25-14-16-8-2-1-3-9-16)15-31-23(29)22-17-10-4-6-12-19(17)26-20-13-7-5-11-18(20)22/h1-4,6,8-10,12H,5,7,11,13-15H2,(H2,25,27,28,30). The van der Waals surface area contributed by atoms with E-state index < -0.39 is 24.5 Å². The van der Waals surface area contributed by atoms with Gasteiger partial charge in [-0.1, -0.05) is 48.5 Å². The summed E-state index contributed by atoms with van der Waals surface area (Å²) in [6.07, 6.45) is 3.59. The van der Waals surface area contributed by atoms with Gasteiger partial charge in [0.2, 0.25) is 0 Å². The van der Waals surface area contributed by atoms with Crippen LogP contribution < -0.4 is 10.6 Å². The van der Waals surface area contributed by atoms with Crippen molar-refractivity contribution in [1.82, 2.24) is 15.6 Å². The molecule has 158 valence electrons. The quantitative estimate of drug-likeness (QED) is 0.621. The van der Waals surface area contributed by atoms with Crippen molar-refractivity contribution in [3.05, 3.63) is 77.0 Å². The molecular formula is C24H23N3O4. The average molecular weight is 417 g/mol. The van der Waals surface area contributed by atoms with Crippen LogP contribution in [0.4, 0.5) is 4.79 Å². The summed E-state index contributed by atoms with van der Waals surface area (Å²) < 4.78 is 5.27. The zero-order chi connectivity index (χ0) is 21.6. The van der Waals surface area contributed by atoms with Crippen LogP contribution in [0.5, 0.6) is 0 Å². The van der Waals surface area contributed by atoms with Gasteiger partial charge in [-0.25, -0.2) is 9.59 Å². The first kappa shape index (κ1) is 20.5. The molecule has 0 fully saturated rings. The van der Waals surface area contributed by atoms with Gasteiger partial charge in [0.25, 0.3) is 5.91 Å². The van der Waals surface area contributed by atoms with E-state index >= 15 is 0 Å². The highest BCUT2D eigenvalue weighted by Crippen LogP contribution is 2.29. The Kier molecular flexibility index (Phi) is 6.21. The van der Waals surface area contributed by atoms with Gasteiger partial charge in [0.1, 0.15) is 0 Å². The van der Waals surface area contributed by atoms with Gasteiger partial charge in [-0.3, -0.25) is 15.1 Å². The summed E-state index contributed by atoms with van der Waals surface area (Å²) in [5.41, 5.74) is 3.94. The number of nitrogens with zero attached hydrogens (tertiary/aromatic N) is 1. The summed E-state index contributed by atoms with van der Waals surface area (Å²) >= 11 is 0. The Morgan fingerprint density at radius 3 is 2.52 bits per heavy atom. The lowest BCUT2D eigenvalue weighted by Gasteiger charge is -2.19. The Morgan fingerprint density at radius 2 is 1.68 bits per heavy atom. The number of aromatic nitrogens is 1. The molecule has 1 aromatic heterocycles. The Labute approximate surface area is 179 Å². The highest BCUT2D eigenvalue weighted by molar-refractivity contribution is 6.06. The summed E-state index contributed by atoms with van der Waals surface area (Å²) in [6.45, 7) is -0.252. The van der Waals surface area contributed by atoms with Crippen LogP contribution in [0.2, 0.25) is 0 Å². The van der Waals surface area contributed by atoms with E-state index in [1.807, 2.05) is 54.6 Å². The van der Waals surface area contributed by atoms with E-state index in [4.69, 9.17) is 9.72 Å². The van der Waals surface area contributed by atoms with Gasteiger partial charge in [-0.15, -0.1) is 0 Å². The molecule has 31 heavy (non-hydrogen) atoms. The number of nitrogens with one attached hydrogen (secondary N) is 2. The van der Waals surface area contributed by atoms with Crippen LogP contribution in [0.1, 0.15) is 40.0 Å². The molecule has 3 aromatic rings. The molecule has 7 nitrogen and oxygen atoms in total. The largest absolute Gasteiger partial charge is 0.452 e. The monoisotopic (exact) mass is 417 g/mol. The SMILES string of the molecule is O=C(COC(=O)c1c2c(nc3ccccc13)CCCC2)NC(=O)NCc1ccccc1. The number of aryl methyl sites for hydroxylation is 1. The maximum Gasteiger partial charge on any atom is 0.339 e. The molecule has 1 aliphatic rings. The molecule has 4 rings (SSSR count). The number of fused-ring (bicyclic) bond motifs is 2. The van der Waals surface area contributed by atoms with E-state index in [-0.39, 0.29) is 6.54 Å². The maximum atomic E-state index is 12.9. The molecule has 1 heterocycles. The lowest BCUT2D eigenvalue weighted by atomic mass is 9.90. The number of amides is 3. The minimum atomic E-state index is -0.689. The third kappa shape index (κ3) is 4.88. The molecule has 2 aromatic carbocycles. The van der Waals surface area contributed by atoms with E-state index in [2.05, 4.69) is 10.6 Å². The zero-order valence-electron chi connectivity index (χ0n) is 17.0. The van der Waals surface area contributed by atoms with E-state index in [1.54, 1.807) is 0 Å². The number of hydrogen-bond donors (Lipinski definition) is 2.